The fourth-order valence-electron chi connectivity index (χ4n) is 2.90. The minimum Gasteiger partial charge on any atom is -0.461 e. The molecule has 0 bridgehead atoms. The fourth-order valence-corrected chi connectivity index (χ4v) is 2.90. The molecular weight excluding hydrogens is 413 g/mol. The van der Waals surface area contributed by atoms with Crippen molar-refractivity contribution in [2.24, 2.45) is 11.7 Å². The molecular formula is C22H35Cl2NO4. The van der Waals surface area contributed by atoms with Crippen molar-refractivity contribution in [1.82, 2.24) is 0 Å². The van der Waals surface area contributed by atoms with E-state index in [0.717, 1.165) is 31.2 Å². The highest BCUT2D eigenvalue weighted by Crippen LogP contribution is 2.26. The van der Waals surface area contributed by atoms with E-state index in [4.69, 9.17) is 38.4 Å². The lowest BCUT2D eigenvalue weighted by Crippen LogP contribution is -2.31. The fraction of sp³-hybridized carbons (Fsp3) is 0.636. The van der Waals surface area contributed by atoms with Crippen LogP contribution in [0.4, 0.5) is 0 Å². The largest absolute Gasteiger partial charge is 0.461 e. The first-order chi connectivity index (χ1) is 13.6. The molecule has 1 fully saturated rings. The second kappa shape index (κ2) is 15.5. The summed E-state index contributed by atoms with van der Waals surface area (Å²) in [7, 11) is 0. The van der Waals surface area contributed by atoms with Crippen LogP contribution in [0.2, 0.25) is 0 Å². The molecule has 2 rings (SSSR count). The van der Waals surface area contributed by atoms with Crippen LogP contribution < -0.4 is 5.73 Å². The lowest BCUT2D eigenvalue weighted by Gasteiger charge is -2.27. The van der Waals surface area contributed by atoms with Crippen LogP contribution in [-0.4, -0.2) is 28.9 Å². The van der Waals surface area contributed by atoms with Crippen molar-refractivity contribution in [2.45, 2.75) is 78.0 Å². The maximum absolute atomic E-state index is 11.6. The second-order valence-electron chi connectivity index (χ2n) is 7.95. The van der Waals surface area contributed by atoms with E-state index < -0.39 is 0 Å². The van der Waals surface area contributed by atoms with Gasteiger partial charge in [-0.1, -0.05) is 36.8 Å². The molecule has 5 nitrogen and oxygen atoms in total. The average Bonchev–Trinajstić information content (AvgIpc) is 2.60. The van der Waals surface area contributed by atoms with E-state index in [9.17, 15) is 9.59 Å². The van der Waals surface area contributed by atoms with Crippen molar-refractivity contribution in [3.8, 4) is 0 Å². The minimum absolute atomic E-state index is 0.0819. The molecule has 1 aliphatic carbocycles. The highest BCUT2D eigenvalue weighted by molar-refractivity contribution is 6.40. The number of benzene rings is 1. The van der Waals surface area contributed by atoms with Crippen LogP contribution in [0.15, 0.2) is 30.3 Å². The van der Waals surface area contributed by atoms with Gasteiger partial charge in [-0.15, -0.1) is 23.2 Å². The van der Waals surface area contributed by atoms with Gasteiger partial charge in [-0.25, -0.2) is 0 Å². The number of nitrogens with two attached hydrogens (primary N) is 1. The highest BCUT2D eigenvalue weighted by Gasteiger charge is 2.24. The summed E-state index contributed by atoms with van der Waals surface area (Å²) in [6, 6.07) is 9.88. The third-order valence-corrected chi connectivity index (χ3v) is 3.98. The normalized spacial score (nSPS) is 18.3. The molecule has 29 heavy (non-hydrogen) atoms. The molecule has 1 aromatic carbocycles. The van der Waals surface area contributed by atoms with E-state index >= 15 is 0 Å². The van der Waals surface area contributed by atoms with Gasteiger partial charge in [0.25, 0.3) is 0 Å². The van der Waals surface area contributed by atoms with Gasteiger partial charge in [0, 0.05) is 19.4 Å². The Labute approximate surface area is 185 Å². The van der Waals surface area contributed by atoms with Crippen molar-refractivity contribution < 1.29 is 19.1 Å². The third kappa shape index (κ3) is 17.3. The van der Waals surface area contributed by atoms with Crippen molar-refractivity contribution in [3.63, 3.8) is 0 Å². The van der Waals surface area contributed by atoms with Gasteiger partial charge in [-0.05, 0) is 51.5 Å². The zero-order valence-electron chi connectivity index (χ0n) is 18.0. The molecule has 0 radical (unpaired) electrons. The van der Waals surface area contributed by atoms with Crippen LogP contribution in [0.5, 0.6) is 0 Å². The summed E-state index contributed by atoms with van der Waals surface area (Å²) in [4.78, 5) is 22.0. The number of halogens is 2. The molecule has 0 aliphatic heterocycles. The van der Waals surface area contributed by atoms with Gasteiger partial charge in [-0.3, -0.25) is 9.59 Å². The smallest absolute Gasteiger partial charge is 0.306 e. The van der Waals surface area contributed by atoms with E-state index in [1.807, 2.05) is 51.1 Å². The SMILES string of the molecule is CC(=O)OCc1ccccc1.CC(C)(C)OC(=O)CC1CCCC(N)C1.ClCCl. The van der Waals surface area contributed by atoms with Crippen LogP contribution in [0.1, 0.15) is 65.4 Å². The summed E-state index contributed by atoms with van der Waals surface area (Å²) in [5.74, 6) is 0.110. The van der Waals surface area contributed by atoms with Crippen molar-refractivity contribution >= 4 is 35.1 Å². The first kappa shape index (κ1) is 27.7. The quantitative estimate of drug-likeness (QED) is 0.492. The highest BCUT2D eigenvalue weighted by atomic mass is 35.5. The Hall–Kier alpha value is -1.30. The first-order valence-corrected chi connectivity index (χ1v) is 10.9. The zero-order valence-corrected chi connectivity index (χ0v) is 19.5. The van der Waals surface area contributed by atoms with Crippen LogP contribution in [-0.2, 0) is 25.7 Å². The van der Waals surface area contributed by atoms with Gasteiger partial charge in [0.2, 0.25) is 0 Å². The van der Waals surface area contributed by atoms with Crippen molar-refractivity contribution in [3.05, 3.63) is 35.9 Å². The molecule has 2 N–H and O–H groups in total. The number of ether oxygens (including phenoxy) is 2. The van der Waals surface area contributed by atoms with Crippen LogP contribution in [0.25, 0.3) is 0 Å². The topological polar surface area (TPSA) is 78.6 Å². The Morgan fingerprint density at radius 3 is 2.21 bits per heavy atom. The standard InChI is InChI=1S/C12H23NO2.C9H10O2.CH2Cl2/c1-12(2,3)15-11(14)8-9-5-4-6-10(13)7-9;1-8(10)11-7-9-5-3-2-4-6-9;2-1-3/h9-10H,4-8,13H2,1-3H3;2-6H,7H2,1H3;1H2. The van der Waals surface area contributed by atoms with Crippen molar-refractivity contribution in [1.29, 1.82) is 0 Å². The minimum atomic E-state index is -0.367. The molecule has 7 heteroatoms. The van der Waals surface area contributed by atoms with Gasteiger partial charge >= 0.3 is 11.9 Å². The Balaban J connectivity index is 0.000000493. The predicted molar refractivity (Wildman–Crippen MR) is 119 cm³/mol. The predicted octanol–water partition coefficient (Wildman–Crippen LogP) is 5.41. The number of alkyl halides is 2. The molecule has 2 atom stereocenters. The monoisotopic (exact) mass is 447 g/mol. The van der Waals surface area contributed by atoms with Gasteiger partial charge < -0.3 is 15.2 Å². The third-order valence-electron chi connectivity index (χ3n) is 3.98. The Kier molecular flexibility index (Phi) is 14.8. The van der Waals surface area contributed by atoms with E-state index in [0.29, 0.717) is 18.9 Å². The Morgan fingerprint density at radius 1 is 1.14 bits per heavy atom. The number of esters is 2. The summed E-state index contributed by atoms with van der Waals surface area (Å²) in [6.07, 6.45) is 4.87. The molecule has 2 unspecified atom stereocenters. The molecule has 1 aromatic rings. The lowest BCUT2D eigenvalue weighted by molar-refractivity contribution is -0.156. The molecule has 166 valence electrons. The molecule has 0 amide bonds. The summed E-state index contributed by atoms with van der Waals surface area (Å²) in [6.45, 7) is 7.48. The van der Waals surface area contributed by atoms with Gasteiger partial charge in [0.15, 0.2) is 0 Å². The summed E-state index contributed by atoms with van der Waals surface area (Å²) in [5, 5.41) is 0.194. The lowest BCUT2D eigenvalue weighted by atomic mass is 9.84. The number of hydrogen-bond donors (Lipinski definition) is 1. The summed E-state index contributed by atoms with van der Waals surface area (Å²) in [5.41, 5.74) is 6.53. The van der Waals surface area contributed by atoms with Crippen LogP contribution >= 0.6 is 23.2 Å². The number of rotatable bonds is 4. The summed E-state index contributed by atoms with van der Waals surface area (Å²) >= 11 is 9.53. The number of hydrogen-bond acceptors (Lipinski definition) is 5. The molecule has 0 saturated heterocycles. The average molecular weight is 448 g/mol. The first-order valence-electron chi connectivity index (χ1n) is 9.84. The van der Waals surface area contributed by atoms with E-state index in [-0.39, 0.29) is 28.9 Å². The second-order valence-corrected chi connectivity index (χ2v) is 8.76. The molecule has 0 heterocycles. The van der Waals surface area contributed by atoms with E-state index in [1.54, 1.807) is 0 Å². The molecule has 0 spiro atoms. The Bertz CT molecular complexity index is 576. The van der Waals surface area contributed by atoms with Crippen molar-refractivity contribution in [2.75, 3.05) is 5.34 Å². The van der Waals surface area contributed by atoms with E-state index in [1.165, 1.54) is 6.92 Å². The number of carbonyl (C=O) groups excluding carboxylic acids is 2. The van der Waals surface area contributed by atoms with Crippen LogP contribution in [0, 0.1) is 5.92 Å². The molecule has 1 aliphatic rings. The maximum Gasteiger partial charge on any atom is 0.306 e. The zero-order chi connectivity index (χ0) is 22.3. The van der Waals surface area contributed by atoms with Crippen LogP contribution in [0.3, 0.4) is 0 Å². The van der Waals surface area contributed by atoms with Gasteiger partial charge in [0.1, 0.15) is 12.2 Å². The van der Waals surface area contributed by atoms with E-state index in [2.05, 4.69) is 0 Å². The van der Waals surface area contributed by atoms with Gasteiger partial charge in [-0.2, -0.15) is 0 Å². The maximum atomic E-state index is 11.6. The number of carbonyl (C=O) groups is 2. The summed E-state index contributed by atoms with van der Waals surface area (Å²) < 4.78 is 10.1. The molecule has 1 saturated carbocycles. The Morgan fingerprint density at radius 2 is 1.72 bits per heavy atom. The van der Waals surface area contributed by atoms with Gasteiger partial charge in [0.05, 0.1) is 5.34 Å². The molecule has 0 aromatic heterocycles.